The van der Waals surface area contributed by atoms with Gasteiger partial charge in [-0.3, -0.25) is 9.59 Å². The summed E-state index contributed by atoms with van der Waals surface area (Å²) in [5, 5.41) is 0. The number of aromatic nitrogens is 2. The lowest BCUT2D eigenvalue weighted by atomic mass is 10.1. The third-order valence-electron chi connectivity index (χ3n) is 5.76. The highest BCUT2D eigenvalue weighted by atomic mass is 19.1. The molecule has 6 nitrogen and oxygen atoms in total. The van der Waals surface area contributed by atoms with Crippen molar-refractivity contribution in [1.82, 2.24) is 14.5 Å². The van der Waals surface area contributed by atoms with Crippen molar-refractivity contribution < 1.29 is 14.0 Å². The van der Waals surface area contributed by atoms with Crippen LogP contribution in [-0.4, -0.2) is 39.4 Å². The van der Waals surface area contributed by atoms with Crippen molar-refractivity contribution in [3.05, 3.63) is 59.7 Å². The van der Waals surface area contributed by atoms with Crippen LogP contribution in [0, 0.1) is 5.82 Å². The molecule has 0 spiro atoms. The second-order valence-electron chi connectivity index (χ2n) is 8.07. The van der Waals surface area contributed by atoms with E-state index in [1.54, 1.807) is 21.9 Å². The van der Waals surface area contributed by atoms with Crippen LogP contribution < -0.4 is 4.90 Å². The summed E-state index contributed by atoms with van der Waals surface area (Å²) < 4.78 is 16.0. The number of hydrogen-bond acceptors (Lipinski definition) is 3. The van der Waals surface area contributed by atoms with Gasteiger partial charge in [0.05, 0.1) is 17.6 Å². The topological polar surface area (TPSA) is 58.4 Å². The predicted molar refractivity (Wildman–Crippen MR) is 130 cm³/mol. The largest absolute Gasteiger partial charge is 0.339 e. The smallest absolute Gasteiger partial charge is 0.253 e. The zero-order chi connectivity index (χ0) is 24.0. The first-order valence-electron chi connectivity index (χ1n) is 11.8. The van der Waals surface area contributed by atoms with Crippen molar-refractivity contribution in [3.8, 4) is 0 Å². The van der Waals surface area contributed by atoms with Crippen LogP contribution in [0.2, 0.25) is 0 Å². The molecule has 0 radical (unpaired) electrons. The molecule has 3 aromatic rings. The first-order valence-corrected chi connectivity index (χ1v) is 11.8. The Morgan fingerprint density at radius 2 is 1.76 bits per heavy atom. The standard InChI is InChI=1S/C26H33FN4O2/c1-5-10-25(32)31(21-12-9-11-20(27)17-21)18-24-28-22-16-19(26(33)29(7-3)8-4)13-14-23(22)30(24)15-6-2/h9,11-14,16-17H,5-8,10,15,18H2,1-4H3. The summed E-state index contributed by atoms with van der Waals surface area (Å²) >= 11 is 0. The van der Waals surface area contributed by atoms with Crippen molar-refractivity contribution in [3.63, 3.8) is 0 Å². The normalized spacial score (nSPS) is 11.1. The third-order valence-corrected chi connectivity index (χ3v) is 5.76. The molecule has 2 amide bonds. The first-order chi connectivity index (χ1) is 15.9. The van der Waals surface area contributed by atoms with Gasteiger partial charge in [0, 0.05) is 37.3 Å². The highest BCUT2D eigenvalue weighted by Crippen LogP contribution is 2.24. The maximum atomic E-state index is 13.9. The quantitative estimate of drug-likeness (QED) is 0.414. The monoisotopic (exact) mass is 452 g/mol. The number of rotatable bonds is 10. The van der Waals surface area contributed by atoms with Crippen LogP contribution in [0.15, 0.2) is 42.5 Å². The summed E-state index contributed by atoms with van der Waals surface area (Å²) in [5.74, 6) is 0.236. The molecule has 0 N–H and O–H groups in total. The Hall–Kier alpha value is -3.22. The van der Waals surface area contributed by atoms with Crippen LogP contribution in [0.4, 0.5) is 10.1 Å². The Kier molecular flexibility index (Phi) is 8.20. The Bertz CT molecular complexity index is 1120. The fourth-order valence-electron chi connectivity index (χ4n) is 4.06. The number of anilines is 1. The van der Waals surface area contributed by atoms with Crippen molar-refractivity contribution >= 4 is 28.5 Å². The molecule has 0 aliphatic heterocycles. The molecule has 176 valence electrons. The zero-order valence-corrected chi connectivity index (χ0v) is 20.0. The minimum absolute atomic E-state index is 0.0204. The molecule has 3 rings (SSSR count). The summed E-state index contributed by atoms with van der Waals surface area (Å²) in [6, 6.07) is 11.7. The Labute approximate surface area is 195 Å². The van der Waals surface area contributed by atoms with E-state index in [9.17, 15) is 14.0 Å². The van der Waals surface area contributed by atoms with Gasteiger partial charge in [-0.2, -0.15) is 0 Å². The van der Waals surface area contributed by atoms with E-state index in [1.807, 2.05) is 39.0 Å². The molecule has 1 aromatic heterocycles. The van der Waals surface area contributed by atoms with Crippen LogP contribution in [0.5, 0.6) is 0 Å². The van der Waals surface area contributed by atoms with Gasteiger partial charge in [0.1, 0.15) is 11.6 Å². The number of halogens is 1. The summed E-state index contributed by atoms with van der Waals surface area (Å²) in [6.07, 6.45) is 1.96. The highest BCUT2D eigenvalue weighted by Gasteiger charge is 2.21. The molecule has 0 unspecified atom stereocenters. The highest BCUT2D eigenvalue weighted by molar-refractivity contribution is 5.97. The lowest BCUT2D eigenvalue weighted by Gasteiger charge is -2.23. The van der Waals surface area contributed by atoms with Crippen molar-refractivity contribution in [1.29, 1.82) is 0 Å². The minimum Gasteiger partial charge on any atom is -0.339 e. The van der Waals surface area contributed by atoms with Gasteiger partial charge in [-0.05, 0) is 63.1 Å². The SMILES string of the molecule is CCCC(=O)N(Cc1nc2cc(C(=O)N(CC)CC)ccc2n1CCC)c1cccc(F)c1. The van der Waals surface area contributed by atoms with Gasteiger partial charge in [-0.1, -0.05) is 19.9 Å². The average molecular weight is 453 g/mol. The van der Waals surface area contributed by atoms with E-state index in [-0.39, 0.29) is 24.2 Å². The van der Waals surface area contributed by atoms with Crippen LogP contribution in [-0.2, 0) is 17.9 Å². The Morgan fingerprint density at radius 3 is 2.39 bits per heavy atom. The zero-order valence-electron chi connectivity index (χ0n) is 20.0. The first kappa shape index (κ1) is 24.4. The van der Waals surface area contributed by atoms with Crippen molar-refractivity contribution in [2.75, 3.05) is 18.0 Å². The predicted octanol–water partition coefficient (Wildman–Crippen LogP) is 5.40. The van der Waals surface area contributed by atoms with Gasteiger partial charge in [0.25, 0.3) is 5.91 Å². The van der Waals surface area contributed by atoms with Crippen LogP contribution in [0.1, 0.15) is 63.1 Å². The number of hydrogen-bond donors (Lipinski definition) is 0. The lowest BCUT2D eigenvalue weighted by Crippen LogP contribution is -2.31. The molecule has 7 heteroatoms. The Morgan fingerprint density at radius 1 is 1.00 bits per heavy atom. The van der Waals surface area contributed by atoms with Crippen molar-refractivity contribution in [2.24, 2.45) is 0 Å². The molecule has 0 saturated heterocycles. The molecule has 0 aliphatic rings. The maximum absolute atomic E-state index is 13.9. The third kappa shape index (κ3) is 5.41. The number of amides is 2. The van der Waals surface area contributed by atoms with Gasteiger partial charge in [0.15, 0.2) is 0 Å². The van der Waals surface area contributed by atoms with E-state index in [1.165, 1.54) is 12.1 Å². The second kappa shape index (κ2) is 11.1. The molecular formula is C26H33FN4O2. The number of fused-ring (bicyclic) bond motifs is 1. The van der Waals surface area contributed by atoms with E-state index in [4.69, 9.17) is 4.98 Å². The summed E-state index contributed by atoms with van der Waals surface area (Å²) in [6.45, 7) is 10.2. The fraction of sp³-hybridized carbons (Fsp3) is 0.423. The summed E-state index contributed by atoms with van der Waals surface area (Å²) in [5.41, 5.74) is 2.76. The second-order valence-corrected chi connectivity index (χ2v) is 8.07. The van der Waals surface area contributed by atoms with E-state index >= 15 is 0 Å². The number of carbonyl (C=O) groups is 2. The van der Waals surface area contributed by atoms with Gasteiger partial charge < -0.3 is 14.4 Å². The summed E-state index contributed by atoms with van der Waals surface area (Å²) in [4.78, 5) is 34.0. The lowest BCUT2D eigenvalue weighted by molar-refractivity contribution is -0.118. The molecule has 0 fully saturated rings. The molecule has 0 bridgehead atoms. The number of imidazole rings is 1. The molecule has 2 aromatic carbocycles. The van der Waals surface area contributed by atoms with Gasteiger partial charge in [0.2, 0.25) is 5.91 Å². The van der Waals surface area contributed by atoms with E-state index in [0.29, 0.717) is 43.0 Å². The van der Waals surface area contributed by atoms with Crippen LogP contribution >= 0.6 is 0 Å². The van der Waals surface area contributed by atoms with Crippen LogP contribution in [0.25, 0.3) is 11.0 Å². The van der Waals surface area contributed by atoms with E-state index in [2.05, 4.69) is 11.5 Å². The molecule has 0 atom stereocenters. The Balaban J connectivity index is 2.04. The number of carbonyl (C=O) groups excluding carboxylic acids is 2. The van der Waals surface area contributed by atoms with Gasteiger partial charge in [-0.25, -0.2) is 9.37 Å². The molecular weight excluding hydrogens is 419 g/mol. The molecule has 0 saturated carbocycles. The summed E-state index contributed by atoms with van der Waals surface area (Å²) in [7, 11) is 0. The van der Waals surface area contributed by atoms with Gasteiger partial charge in [-0.15, -0.1) is 0 Å². The maximum Gasteiger partial charge on any atom is 0.253 e. The van der Waals surface area contributed by atoms with E-state index in [0.717, 1.165) is 24.0 Å². The van der Waals surface area contributed by atoms with Crippen molar-refractivity contribution in [2.45, 2.75) is 60.0 Å². The number of benzene rings is 2. The molecule has 33 heavy (non-hydrogen) atoms. The molecule has 1 heterocycles. The minimum atomic E-state index is -0.386. The van der Waals surface area contributed by atoms with E-state index < -0.39 is 0 Å². The number of nitrogens with zero attached hydrogens (tertiary/aromatic N) is 4. The van der Waals surface area contributed by atoms with Crippen LogP contribution in [0.3, 0.4) is 0 Å². The average Bonchev–Trinajstić information content (AvgIpc) is 3.15. The molecule has 0 aliphatic carbocycles. The fourth-order valence-corrected chi connectivity index (χ4v) is 4.06. The van der Waals surface area contributed by atoms with Gasteiger partial charge >= 0.3 is 0 Å². The number of aryl methyl sites for hydroxylation is 1.